The number of aromatic nitrogens is 2. The summed E-state index contributed by atoms with van der Waals surface area (Å²) in [4.78, 5) is 10.8. The van der Waals surface area contributed by atoms with Crippen LogP contribution in [0, 0.1) is 0 Å². The number of nitrogens with one attached hydrogen (secondary N) is 1. The molecule has 0 aliphatic rings. The molecule has 0 aliphatic heterocycles. The van der Waals surface area contributed by atoms with Crippen LogP contribution >= 0.6 is 15.9 Å². The predicted molar refractivity (Wildman–Crippen MR) is 81.8 cm³/mol. The summed E-state index contributed by atoms with van der Waals surface area (Å²) in [5.41, 5.74) is 0. The van der Waals surface area contributed by atoms with E-state index in [1.54, 1.807) is 13.3 Å². The monoisotopic (exact) mass is 330 g/mol. The number of hydrogen-bond acceptors (Lipinski definition) is 5. The maximum atomic E-state index is 5.13. The molecule has 0 radical (unpaired) electrons. The fourth-order valence-corrected chi connectivity index (χ4v) is 1.88. The van der Waals surface area contributed by atoms with Gasteiger partial charge in [-0.05, 0) is 56.2 Å². The van der Waals surface area contributed by atoms with Crippen LogP contribution in [0.5, 0.6) is 5.88 Å². The Kier molecular flexibility index (Phi) is 7.09. The van der Waals surface area contributed by atoms with Gasteiger partial charge in [-0.25, -0.2) is 4.98 Å². The molecule has 0 bridgehead atoms. The molecule has 19 heavy (non-hydrogen) atoms. The zero-order valence-electron chi connectivity index (χ0n) is 12.1. The van der Waals surface area contributed by atoms with Crippen LogP contribution in [0.2, 0.25) is 0 Å². The minimum Gasteiger partial charge on any atom is -0.480 e. The minimum atomic E-state index is 0.553. The SMILES string of the molecule is COc1nc(NCCCCN(C)C(C)C)ncc1Br. The number of ether oxygens (including phenoxy) is 1. The number of hydrogen-bond donors (Lipinski definition) is 1. The molecule has 0 amide bonds. The first-order valence-corrected chi connectivity index (χ1v) is 7.34. The maximum Gasteiger partial charge on any atom is 0.232 e. The average molecular weight is 331 g/mol. The molecule has 1 aromatic heterocycles. The molecule has 1 rings (SSSR count). The highest BCUT2D eigenvalue weighted by atomic mass is 79.9. The van der Waals surface area contributed by atoms with Crippen molar-refractivity contribution < 1.29 is 4.74 Å². The van der Waals surface area contributed by atoms with Gasteiger partial charge in [0.05, 0.1) is 17.8 Å². The van der Waals surface area contributed by atoms with Crippen LogP contribution in [-0.4, -0.2) is 48.2 Å². The number of unbranched alkanes of at least 4 members (excludes halogenated alkanes) is 1. The minimum absolute atomic E-state index is 0.553. The fraction of sp³-hybridized carbons (Fsp3) is 0.692. The second kappa shape index (κ2) is 8.32. The number of nitrogens with zero attached hydrogens (tertiary/aromatic N) is 3. The lowest BCUT2D eigenvalue weighted by molar-refractivity contribution is 0.269. The van der Waals surface area contributed by atoms with Crippen molar-refractivity contribution >= 4 is 21.9 Å². The van der Waals surface area contributed by atoms with Gasteiger partial charge in [-0.15, -0.1) is 0 Å². The van der Waals surface area contributed by atoms with Crippen molar-refractivity contribution in [2.75, 3.05) is 32.6 Å². The lowest BCUT2D eigenvalue weighted by Crippen LogP contribution is -2.27. The van der Waals surface area contributed by atoms with E-state index in [2.05, 4.69) is 57.0 Å². The van der Waals surface area contributed by atoms with Gasteiger partial charge in [-0.1, -0.05) is 0 Å². The third-order valence-electron chi connectivity index (χ3n) is 3.01. The van der Waals surface area contributed by atoms with Crippen molar-refractivity contribution in [3.05, 3.63) is 10.7 Å². The summed E-state index contributed by atoms with van der Waals surface area (Å²) < 4.78 is 5.89. The average Bonchev–Trinajstić information content (AvgIpc) is 2.39. The van der Waals surface area contributed by atoms with E-state index in [0.717, 1.165) is 30.4 Å². The Morgan fingerprint density at radius 1 is 1.42 bits per heavy atom. The van der Waals surface area contributed by atoms with Gasteiger partial charge in [0.25, 0.3) is 0 Å². The topological polar surface area (TPSA) is 50.3 Å². The molecule has 0 unspecified atom stereocenters. The molecule has 1 aromatic rings. The molecule has 108 valence electrons. The van der Waals surface area contributed by atoms with Crippen molar-refractivity contribution in [3.63, 3.8) is 0 Å². The fourth-order valence-electron chi connectivity index (χ4n) is 1.52. The molecule has 1 N–H and O–H groups in total. The number of rotatable bonds is 8. The standard InChI is InChI=1S/C13H23BrN4O/c1-10(2)18(3)8-6-5-7-15-13-16-9-11(14)12(17-13)19-4/h9-10H,5-8H2,1-4H3,(H,15,16,17). The van der Waals surface area contributed by atoms with E-state index in [1.165, 1.54) is 0 Å². The van der Waals surface area contributed by atoms with E-state index in [1.807, 2.05) is 0 Å². The van der Waals surface area contributed by atoms with Crippen LogP contribution in [0.25, 0.3) is 0 Å². The van der Waals surface area contributed by atoms with E-state index in [-0.39, 0.29) is 0 Å². The normalized spacial score (nSPS) is 11.1. The molecule has 6 heteroatoms. The summed E-state index contributed by atoms with van der Waals surface area (Å²) in [5, 5.41) is 3.21. The summed E-state index contributed by atoms with van der Waals surface area (Å²) in [7, 11) is 3.75. The quantitative estimate of drug-likeness (QED) is 0.743. The molecular weight excluding hydrogens is 308 g/mol. The number of halogens is 1. The van der Waals surface area contributed by atoms with Crippen molar-refractivity contribution in [2.24, 2.45) is 0 Å². The van der Waals surface area contributed by atoms with Crippen LogP contribution in [0.1, 0.15) is 26.7 Å². The van der Waals surface area contributed by atoms with Crippen LogP contribution in [-0.2, 0) is 0 Å². The second-order valence-corrected chi connectivity index (χ2v) is 5.61. The smallest absolute Gasteiger partial charge is 0.232 e. The number of methoxy groups -OCH3 is 1. The van der Waals surface area contributed by atoms with E-state index in [0.29, 0.717) is 17.9 Å². The van der Waals surface area contributed by atoms with E-state index in [9.17, 15) is 0 Å². The molecule has 0 saturated carbocycles. The highest BCUT2D eigenvalue weighted by molar-refractivity contribution is 9.10. The third kappa shape index (κ3) is 5.74. The number of anilines is 1. The Bertz CT molecular complexity index is 387. The molecule has 0 aliphatic carbocycles. The van der Waals surface area contributed by atoms with Gasteiger partial charge in [-0.3, -0.25) is 0 Å². The molecule has 0 spiro atoms. The Balaban J connectivity index is 2.26. The lowest BCUT2D eigenvalue weighted by Gasteiger charge is -2.20. The summed E-state index contributed by atoms with van der Waals surface area (Å²) in [6.45, 7) is 6.40. The molecule has 5 nitrogen and oxygen atoms in total. The van der Waals surface area contributed by atoms with Crippen LogP contribution in [0.3, 0.4) is 0 Å². The van der Waals surface area contributed by atoms with Crippen molar-refractivity contribution in [1.82, 2.24) is 14.9 Å². The first-order chi connectivity index (χ1) is 9.04. The highest BCUT2D eigenvalue weighted by Gasteiger charge is 2.05. The molecular formula is C13H23BrN4O. The summed E-state index contributed by atoms with van der Waals surface area (Å²) in [6, 6.07) is 0.604. The summed E-state index contributed by atoms with van der Waals surface area (Å²) in [6.07, 6.45) is 3.95. The van der Waals surface area contributed by atoms with Gasteiger partial charge in [0.15, 0.2) is 0 Å². The third-order valence-corrected chi connectivity index (χ3v) is 3.55. The summed E-state index contributed by atoms with van der Waals surface area (Å²) >= 11 is 3.33. The van der Waals surface area contributed by atoms with Gasteiger partial charge in [0, 0.05) is 12.6 Å². The Labute approximate surface area is 123 Å². The van der Waals surface area contributed by atoms with E-state index >= 15 is 0 Å². The van der Waals surface area contributed by atoms with Crippen LogP contribution in [0.4, 0.5) is 5.95 Å². The van der Waals surface area contributed by atoms with Gasteiger partial charge in [0.2, 0.25) is 11.8 Å². The Hall–Kier alpha value is -0.880. The van der Waals surface area contributed by atoms with Gasteiger partial charge < -0.3 is 15.0 Å². The van der Waals surface area contributed by atoms with E-state index in [4.69, 9.17) is 4.74 Å². The van der Waals surface area contributed by atoms with Crippen LogP contribution in [0.15, 0.2) is 10.7 Å². The summed E-state index contributed by atoms with van der Waals surface area (Å²) in [5.74, 6) is 1.16. The molecule has 0 aromatic carbocycles. The first-order valence-electron chi connectivity index (χ1n) is 6.55. The van der Waals surface area contributed by atoms with Crippen molar-refractivity contribution in [2.45, 2.75) is 32.7 Å². The molecule has 0 fully saturated rings. The highest BCUT2D eigenvalue weighted by Crippen LogP contribution is 2.21. The van der Waals surface area contributed by atoms with Crippen LogP contribution < -0.4 is 10.1 Å². The van der Waals surface area contributed by atoms with Crippen molar-refractivity contribution in [3.8, 4) is 5.88 Å². The lowest BCUT2D eigenvalue weighted by atomic mass is 10.2. The Morgan fingerprint density at radius 2 is 2.16 bits per heavy atom. The zero-order valence-corrected chi connectivity index (χ0v) is 13.7. The Morgan fingerprint density at radius 3 is 2.79 bits per heavy atom. The van der Waals surface area contributed by atoms with Gasteiger partial charge in [0.1, 0.15) is 0 Å². The largest absolute Gasteiger partial charge is 0.480 e. The zero-order chi connectivity index (χ0) is 14.3. The molecule has 0 atom stereocenters. The first kappa shape index (κ1) is 16.2. The van der Waals surface area contributed by atoms with Gasteiger partial charge >= 0.3 is 0 Å². The maximum absolute atomic E-state index is 5.13. The molecule has 1 heterocycles. The predicted octanol–water partition coefficient (Wildman–Crippen LogP) is 2.78. The van der Waals surface area contributed by atoms with E-state index < -0.39 is 0 Å². The van der Waals surface area contributed by atoms with Gasteiger partial charge in [-0.2, -0.15) is 4.98 Å². The van der Waals surface area contributed by atoms with Crippen molar-refractivity contribution in [1.29, 1.82) is 0 Å². The molecule has 0 saturated heterocycles. The second-order valence-electron chi connectivity index (χ2n) is 4.76.